The Morgan fingerprint density at radius 2 is 1.80 bits per heavy atom. The fourth-order valence-corrected chi connectivity index (χ4v) is 2.86. The predicted octanol–water partition coefficient (Wildman–Crippen LogP) is 4.25. The molecule has 0 bridgehead atoms. The number of hydrogen-bond acceptors (Lipinski definition) is 4. The molecule has 0 amide bonds. The molecule has 2 aromatic rings. The lowest BCUT2D eigenvalue weighted by Crippen LogP contribution is -2.15. The molecular formula is C21H29NO3. The van der Waals surface area contributed by atoms with E-state index < -0.39 is 0 Å². The normalized spacial score (nSPS) is 12.0. The third kappa shape index (κ3) is 5.68. The number of phenols is 1. The lowest BCUT2D eigenvalue weighted by molar-refractivity contribution is 0.286. The molecule has 136 valence electrons. The van der Waals surface area contributed by atoms with Crippen LogP contribution in [0.15, 0.2) is 42.5 Å². The van der Waals surface area contributed by atoms with Gasteiger partial charge in [0.15, 0.2) is 11.5 Å². The quantitative estimate of drug-likeness (QED) is 0.633. The van der Waals surface area contributed by atoms with Gasteiger partial charge in [-0.2, -0.15) is 0 Å². The zero-order valence-corrected chi connectivity index (χ0v) is 15.2. The summed E-state index contributed by atoms with van der Waals surface area (Å²) in [6.07, 6.45) is 4.22. The topological polar surface area (TPSA) is 64.7 Å². The van der Waals surface area contributed by atoms with Gasteiger partial charge in [-0.05, 0) is 54.8 Å². The van der Waals surface area contributed by atoms with E-state index in [1.807, 2.05) is 24.3 Å². The van der Waals surface area contributed by atoms with E-state index in [0.717, 1.165) is 35.5 Å². The third-order valence-corrected chi connectivity index (χ3v) is 4.36. The number of hydrogen-bond donors (Lipinski definition) is 2. The minimum atomic E-state index is 0.196. The monoisotopic (exact) mass is 343 g/mol. The van der Waals surface area contributed by atoms with Crippen molar-refractivity contribution in [3.8, 4) is 17.2 Å². The first-order valence-corrected chi connectivity index (χ1v) is 8.96. The van der Waals surface area contributed by atoms with E-state index in [1.165, 1.54) is 12.8 Å². The second-order valence-electron chi connectivity index (χ2n) is 6.27. The minimum absolute atomic E-state index is 0.196. The fraction of sp³-hybridized carbons (Fsp3) is 0.429. The van der Waals surface area contributed by atoms with Gasteiger partial charge in [-0.25, -0.2) is 0 Å². The summed E-state index contributed by atoms with van der Waals surface area (Å²) in [7, 11) is 1.67. The standard InChI is InChI=1S/C21H29NO3/c1-3-4-5-12-25-20-11-6-16(14-21(20)24-2)13-18(15-22)17-7-9-19(23)10-8-17/h6-11,14,18,23H,3-5,12-13,15,22H2,1-2H3. The molecule has 0 radical (unpaired) electrons. The predicted molar refractivity (Wildman–Crippen MR) is 102 cm³/mol. The second kappa shape index (κ2) is 9.94. The summed E-state index contributed by atoms with van der Waals surface area (Å²) < 4.78 is 11.3. The molecule has 0 spiro atoms. The van der Waals surface area contributed by atoms with Gasteiger partial charge in [0.2, 0.25) is 0 Å². The first-order valence-electron chi connectivity index (χ1n) is 8.96. The Morgan fingerprint density at radius 1 is 1.04 bits per heavy atom. The van der Waals surface area contributed by atoms with Crippen LogP contribution in [-0.4, -0.2) is 25.4 Å². The molecule has 4 heteroatoms. The fourth-order valence-electron chi connectivity index (χ4n) is 2.86. The maximum absolute atomic E-state index is 9.44. The molecule has 0 aliphatic rings. The smallest absolute Gasteiger partial charge is 0.161 e. The third-order valence-electron chi connectivity index (χ3n) is 4.36. The summed E-state index contributed by atoms with van der Waals surface area (Å²) >= 11 is 0. The first-order chi connectivity index (χ1) is 12.2. The Labute approximate surface area is 150 Å². The van der Waals surface area contributed by atoms with Crippen LogP contribution < -0.4 is 15.2 Å². The van der Waals surface area contributed by atoms with E-state index in [2.05, 4.69) is 13.0 Å². The molecule has 0 heterocycles. The van der Waals surface area contributed by atoms with Crippen molar-refractivity contribution in [1.29, 1.82) is 0 Å². The molecule has 1 atom stereocenters. The van der Waals surface area contributed by atoms with E-state index in [0.29, 0.717) is 13.2 Å². The van der Waals surface area contributed by atoms with Gasteiger partial charge in [-0.15, -0.1) is 0 Å². The Bertz CT molecular complexity index is 640. The van der Waals surface area contributed by atoms with Gasteiger partial charge in [-0.1, -0.05) is 38.0 Å². The molecule has 2 aromatic carbocycles. The van der Waals surface area contributed by atoms with Crippen LogP contribution in [0.2, 0.25) is 0 Å². The Kier molecular flexibility index (Phi) is 7.61. The molecule has 4 nitrogen and oxygen atoms in total. The van der Waals surface area contributed by atoms with Crippen LogP contribution in [0.25, 0.3) is 0 Å². The molecule has 1 unspecified atom stereocenters. The molecule has 0 saturated carbocycles. The molecule has 0 fully saturated rings. The highest BCUT2D eigenvalue weighted by molar-refractivity contribution is 5.43. The highest BCUT2D eigenvalue weighted by atomic mass is 16.5. The van der Waals surface area contributed by atoms with Crippen molar-refractivity contribution in [3.63, 3.8) is 0 Å². The SMILES string of the molecule is CCCCCOc1ccc(CC(CN)c2ccc(O)cc2)cc1OC. The number of methoxy groups -OCH3 is 1. The molecule has 0 aromatic heterocycles. The van der Waals surface area contributed by atoms with Crippen molar-refractivity contribution in [2.75, 3.05) is 20.3 Å². The molecule has 0 saturated heterocycles. The van der Waals surface area contributed by atoms with Crippen LogP contribution in [0, 0.1) is 0 Å². The summed E-state index contributed by atoms with van der Waals surface area (Å²) in [5.74, 6) is 2.01. The van der Waals surface area contributed by atoms with Crippen LogP contribution in [0.1, 0.15) is 43.2 Å². The number of benzene rings is 2. The lowest BCUT2D eigenvalue weighted by Gasteiger charge is -2.17. The first kappa shape index (κ1) is 19.1. The van der Waals surface area contributed by atoms with Gasteiger partial charge < -0.3 is 20.3 Å². The second-order valence-corrected chi connectivity index (χ2v) is 6.27. The van der Waals surface area contributed by atoms with Crippen molar-refractivity contribution >= 4 is 0 Å². The van der Waals surface area contributed by atoms with Gasteiger partial charge >= 0.3 is 0 Å². The Hall–Kier alpha value is -2.20. The van der Waals surface area contributed by atoms with Gasteiger partial charge in [0.05, 0.1) is 13.7 Å². The van der Waals surface area contributed by atoms with E-state index in [1.54, 1.807) is 19.2 Å². The maximum atomic E-state index is 9.44. The van der Waals surface area contributed by atoms with Crippen molar-refractivity contribution in [2.45, 2.75) is 38.5 Å². The summed E-state index contributed by atoms with van der Waals surface area (Å²) in [6.45, 7) is 3.43. The van der Waals surface area contributed by atoms with Crippen molar-refractivity contribution in [3.05, 3.63) is 53.6 Å². The average molecular weight is 343 g/mol. The van der Waals surface area contributed by atoms with Crippen LogP contribution >= 0.6 is 0 Å². The average Bonchev–Trinajstić information content (AvgIpc) is 2.64. The summed E-state index contributed by atoms with van der Waals surface area (Å²) in [5, 5.41) is 9.44. The van der Waals surface area contributed by atoms with Crippen LogP contribution in [0.3, 0.4) is 0 Å². The van der Waals surface area contributed by atoms with Gasteiger partial charge in [0.1, 0.15) is 5.75 Å². The molecule has 0 aliphatic carbocycles. The van der Waals surface area contributed by atoms with Gasteiger partial charge in [0, 0.05) is 5.92 Å². The summed E-state index contributed by atoms with van der Waals surface area (Å²) in [6, 6.07) is 13.3. The molecule has 0 aliphatic heterocycles. The molecule has 3 N–H and O–H groups in total. The maximum Gasteiger partial charge on any atom is 0.161 e. The Morgan fingerprint density at radius 3 is 2.44 bits per heavy atom. The molecule has 2 rings (SSSR count). The highest BCUT2D eigenvalue weighted by Gasteiger charge is 2.13. The molecule has 25 heavy (non-hydrogen) atoms. The largest absolute Gasteiger partial charge is 0.508 e. The van der Waals surface area contributed by atoms with Crippen LogP contribution in [0.5, 0.6) is 17.2 Å². The summed E-state index contributed by atoms with van der Waals surface area (Å²) in [4.78, 5) is 0. The number of aromatic hydroxyl groups is 1. The van der Waals surface area contributed by atoms with Gasteiger partial charge in [-0.3, -0.25) is 0 Å². The van der Waals surface area contributed by atoms with Crippen LogP contribution in [0.4, 0.5) is 0 Å². The zero-order chi connectivity index (χ0) is 18.1. The van der Waals surface area contributed by atoms with Crippen molar-refractivity contribution < 1.29 is 14.6 Å². The van der Waals surface area contributed by atoms with E-state index >= 15 is 0 Å². The lowest BCUT2D eigenvalue weighted by atomic mass is 9.92. The highest BCUT2D eigenvalue weighted by Crippen LogP contribution is 2.31. The Balaban J connectivity index is 2.06. The van der Waals surface area contributed by atoms with Crippen molar-refractivity contribution in [1.82, 2.24) is 0 Å². The number of unbranched alkanes of at least 4 members (excludes halogenated alkanes) is 2. The van der Waals surface area contributed by atoms with Crippen LogP contribution in [-0.2, 0) is 6.42 Å². The summed E-state index contributed by atoms with van der Waals surface area (Å²) in [5.41, 5.74) is 8.25. The van der Waals surface area contributed by atoms with E-state index in [9.17, 15) is 5.11 Å². The van der Waals surface area contributed by atoms with Gasteiger partial charge in [0.25, 0.3) is 0 Å². The number of phenolic OH excluding ortho intramolecular Hbond substituents is 1. The zero-order valence-electron chi connectivity index (χ0n) is 15.2. The van der Waals surface area contributed by atoms with E-state index in [4.69, 9.17) is 15.2 Å². The number of rotatable bonds is 10. The van der Waals surface area contributed by atoms with E-state index in [-0.39, 0.29) is 11.7 Å². The number of nitrogens with two attached hydrogens (primary N) is 1. The van der Waals surface area contributed by atoms with Crippen molar-refractivity contribution in [2.24, 2.45) is 5.73 Å². The molecular weight excluding hydrogens is 314 g/mol. The minimum Gasteiger partial charge on any atom is -0.508 e. The number of ether oxygens (including phenoxy) is 2.